The van der Waals surface area contributed by atoms with E-state index in [4.69, 9.17) is 4.74 Å². The highest BCUT2D eigenvalue weighted by atomic mass is 16.5. The Morgan fingerprint density at radius 3 is 2.04 bits per heavy atom. The number of ether oxygens (including phenoxy) is 1. The van der Waals surface area contributed by atoms with Crippen LogP contribution in [0.25, 0.3) is 22.5 Å². The normalized spacial score (nSPS) is 18.3. The van der Waals surface area contributed by atoms with E-state index in [1.54, 1.807) is 24.3 Å². The number of carbonyl (C=O) groups is 3. The second kappa shape index (κ2) is 15.7. The molecule has 4 aromatic rings. The Labute approximate surface area is 294 Å². The first-order valence-corrected chi connectivity index (χ1v) is 17.8. The summed E-state index contributed by atoms with van der Waals surface area (Å²) in [7, 11) is 0. The standard InChI is InChI=1S/C41H46N4O5/c1-4-27-5-9-29(10-6-27)30-13-15-31(16-14-30)34-22-42-38(43-23-34)32-11-7-28(8-12-32)21-37(40(47)45-24-35(25-45)41(48)49)44-39(46)33-17-19-36(20-18-33)50-26(2)3/h7-8,11-20,22-23,26-27,29,35,37H,4-6,9-10,21,24-25H2,1-3H3,(H,44,46)(H,48,49)/t27-,29-,37-/m0/s1. The van der Waals surface area contributed by atoms with Crippen LogP contribution in [0.4, 0.5) is 0 Å². The zero-order chi connectivity index (χ0) is 35.2. The molecule has 2 aliphatic rings. The van der Waals surface area contributed by atoms with Gasteiger partial charge in [-0.1, -0.05) is 61.9 Å². The summed E-state index contributed by atoms with van der Waals surface area (Å²) >= 11 is 0. The van der Waals surface area contributed by atoms with E-state index in [1.807, 2.05) is 50.5 Å². The highest BCUT2D eigenvalue weighted by Crippen LogP contribution is 2.37. The molecular formula is C41H46N4O5. The van der Waals surface area contributed by atoms with Gasteiger partial charge >= 0.3 is 5.97 Å². The Hall–Kier alpha value is -5.05. The number of rotatable bonds is 12. The second-order valence-corrected chi connectivity index (χ2v) is 13.9. The molecule has 1 atom stereocenters. The summed E-state index contributed by atoms with van der Waals surface area (Å²) in [6.07, 6.45) is 10.4. The maximum Gasteiger partial charge on any atom is 0.310 e. The van der Waals surface area contributed by atoms with Gasteiger partial charge in [0, 0.05) is 48.6 Å². The van der Waals surface area contributed by atoms with Crippen LogP contribution in [0.1, 0.15) is 80.3 Å². The quantitative estimate of drug-likeness (QED) is 0.164. The lowest BCUT2D eigenvalue weighted by Crippen LogP contribution is -2.59. The lowest BCUT2D eigenvalue weighted by atomic mass is 9.78. The molecule has 1 aliphatic heterocycles. The monoisotopic (exact) mass is 674 g/mol. The number of likely N-dealkylation sites (tertiary alicyclic amines) is 1. The van der Waals surface area contributed by atoms with Crippen molar-refractivity contribution in [2.24, 2.45) is 11.8 Å². The van der Waals surface area contributed by atoms with Crippen LogP contribution in [-0.4, -0.2) is 63.0 Å². The Kier molecular flexibility index (Phi) is 10.9. The van der Waals surface area contributed by atoms with Crippen molar-refractivity contribution in [3.63, 3.8) is 0 Å². The number of hydrogen-bond acceptors (Lipinski definition) is 6. The van der Waals surface area contributed by atoms with Crippen LogP contribution in [0.2, 0.25) is 0 Å². The minimum absolute atomic E-state index is 0.00260. The van der Waals surface area contributed by atoms with Crippen LogP contribution in [0.5, 0.6) is 5.75 Å². The van der Waals surface area contributed by atoms with E-state index in [1.165, 1.54) is 42.6 Å². The van der Waals surface area contributed by atoms with Gasteiger partial charge in [-0.05, 0) is 92.3 Å². The van der Waals surface area contributed by atoms with Crippen LogP contribution in [-0.2, 0) is 16.0 Å². The fraction of sp³-hybridized carbons (Fsp3) is 0.390. The van der Waals surface area contributed by atoms with Crippen LogP contribution in [0, 0.1) is 11.8 Å². The Bertz CT molecular complexity index is 1760. The zero-order valence-corrected chi connectivity index (χ0v) is 29.0. The van der Waals surface area contributed by atoms with Gasteiger partial charge in [0.25, 0.3) is 5.91 Å². The number of nitrogens with zero attached hydrogens (tertiary/aromatic N) is 3. The van der Waals surface area contributed by atoms with Crippen molar-refractivity contribution < 1.29 is 24.2 Å². The third kappa shape index (κ3) is 8.38. The smallest absolute Gasteiger partial charge is 0.310 e. The third-order valence-electron chi connectivity index (χ3n) is 10.1. The van der Waals surface area contributed by atoms with Crippen LogP contribution < -0.4 is 10.1 Å². The first-order chi connectivity index (χ1) is 24.2. The molecule has 0 radical (unpaired) electrons. The summed E-state index contributed by atoms with van der Waals surface area (Å²) in [5.74, 6) is 0.555. The predicted molar refractivity (Wildman–Crippen MR) is 193 cm³/mol. The van der Waals surface area contributed by atoms with Crippen molar-refractivity contribution in [2.45, 2.75) is 77.4 Å². The Balaban J connectivity index is 1.10. The van der Waals surface area contributed by atoms with Crippen LogP contribution in [0.3, 0.4) is 0 Å². The minimum Gasteiger partial charge on any atom is -0.491 e. The van der Waals surface area contributed by atoms with E-state index in [-0.39, 0.29) is 31.5 Å². The van der Waals surface area contributed by atoms with Gasteiger partial charge in [0.2, 0.25) is 5.91 Å². The molecule has 50 heavy (non-hydrogen) atoms. The molecule has 1 saturated carbocycles. The number of carbonyl (C=O) groups excluding carboxylic acids is 2. The van der Waals surface area contributed by atoms with Gasteiger partial charge in [0.15, 0.2) is 5.82 Å². The fourth-order valence-corrected chi connectivity index (χ4v) is 6.94. The zero-order valence-electron chi connectivity index (χ0n) is 29.0. The predicted octanol–water partition coefficient (Wildman–Crippen LogP) is 7.17. The number of carboxylic acid groups (broad SMARTS) is 1. The first kappa shape index (κ1) is 34.8. The number of aromatic nitrogens is 2. The van der Waals surface area contributed by atoms with E-state index in [0.717, 1.165) is 28.2 Å². The molecule has 1 aliphatic carbocycles. The van der Waals surface area contributed by atoms with Gasteiger partial charge in [-0.15, -0.1) is 0 Å². The number of aliphatic carboxylic acids is 1. The maximum atomic E-state index is 13.5. The molecule has 260 valence electrons. The summed E-state index contributed by atoms with van der Waals surface area (Å²) < 4.78 is 5.68. The summed E-state index contributed by atoms with van der Waals surface area (Å²) in [5, 5.41) is 12.2. The van der Waals surface area contributed by atoms with Gasteiger partial charge in [-0.3, -0.25) is 14.4 Å². The summed E-state index contributed by atoms with van der Waals surface area (Å²) in [6, 6.07) is 22.4. The average Bonchev–Trinajstić information content (AvgIpc) is 3.11. The second-order valence-electron chi connectivity index (χ2n) is 13.9. The summed E-state index contributed by atoms with van der Waals surface area (Å²) in [4.78, 5) is 48.8. The van der Waals surface area contributed by atoms with Crippen molar-refractivity contribution in [2.75, 3.05) is 13.1 Å². The van der Waals surface area contributed by atoms with Crippen molar-refractivity contribution in [3.8, 4) is 28.3 Å². The number of benzene rings is 3. The highest BCUT2D eigenvalue weighted by molar-refractivity contribution is 5.98. The molecule has 1 aromatic heterocycles. The van der Waals surface area contributed by atoms with E-state index in [0.29, 0.717) is 23.1 Å². The van der Waals surface area contributed by atoms with Gasteiger partial charge in [-0.2, -0.15) is 0 Å². The Morgan fingerprint density at radius 1 is 0.840 bits per heavy atom. The van der Waals surface area contributed by atoms with Gasteiger partial charge in [0.1, 0.15) is 11.8 Å². The molecule has 3 aromatic carbocycles. The van der Waals surface area contributed by atoms with E-state index < -0.39 is 23.8 Å². The van der Waals surface area contributed by atoms with E-state index >= 15 is 0 Å². The molecule has 2 heterocycles. The molecule has 2 N–H and O–H groups in total. The van der Waals surface area contributed by atoms with Crippen molar-refractivity contribution in [1.29, 1.82) is 0 Å². The SMILES string of the molecule is CC[C@H]1CC[C@H](c2ccc(-c3cnc(-c4ccc(C[C@H](NC(=O)c5ccc(OC(C)C)cc5)C(=O)N5CC(C(=O)O)C5)cc4)nc3)cc2)CC1. The fourth-order valence-electron chi connectivity index (χ4n) is 6.94. The molecule has 2 fully saturated rings. The van der Waals surface area contributed by atoms with Gasteiger partial charge in [0.05, 0.1) is 12.0 Å². The van der Waals surface area contributed by atoms with Crippen molar-refractivity contribution in [3.05, 3.63) is 102 Å². The first-order valence-electron chi connectivity index (χ1n) is 17.8. The average molecular weight is 675 g/mol. The maximum absolute atomic E-state index is 13.5. The van der Waals surface area contributed by atoms with E-state index in [2.05, 4.69) is 46.5 Å². The number of amides is 2. The lowest BCUT2D eigenvalue weighted by molar-refractivity contribution is -0.153. The number of carboxylic acids is 1. The number of nitrogens with one attached hydrogen (secondary N) is 1. The van der Waals surface area contributed by atoms with Crippen molar-refractivity contribution in [1.82, 2.24) is 20.2 Å². The molecule has 0 unspecified atom stereocenters. The van der Waals surface area contributed by atoms with Crippen LogP contribution in [0.15, 0.2) is 85.2 Å². The highest BCUT2D eigenvalue weighted by Gasteiger charge is 2.38. The molecule has 6 rings (SSSR count). The number of hydrogen-bond donors (Lipinski definition) is 2. The minimum atomic E-state index is -0.929. The molecule has 9 nitrogen and oxygen atoms in total. The molecule has 0 spiro atoms. The molecule has 9 heteroatoms. The topological polar surface area (TPSA) is 122 Å². The van der Waals surface area contributed by atoms with Gasteiger partial charge < -0.3 is 20.1 Å². The lowest BCUT2D eigenvalue weighted by Gasteiger charge is -2.39. The van der Waals surface area contributed by atoms with Crippen LogP contribution >= 0.6 is 0 Å². The summed E-state index contributed by atoms with van der Waals surface area (Å²) in [5.41, 5.74) is 5.54. The Morgan fingerprint density at radius 2 is 1.46 bits per heavy atom. The third-order valence-corrected chi connectivity index (χ3v) is 10.1. The molecule has 2 amide bonds. The molecule has 0 bridgehead atoms. The van der Waals surface area contributed by atoms with Crippen molar-refractivity contribution >= 4 is 17.8 Å². The van der Waals surface area contributed by atoms with E-state index in [9.17, 15) is 19.5 Å². The summed E-state index contributed by atoms with van der Waals surface area (Å²) in [6.45, 7) is 6.40. The molecule has 1 saturated heterocycles. The molecular weight excluding hydrogens is 628 g/mol. The largest absolute Gasteiger partial charge is 0.491 e. The van der Waals surface area contributed by atoms with Gasteiger partial charge in [-0.25, -0.2) is 9.97 Å².